The predicted molar refractivity (Wildman–Crippen MR) is 74.8 cm³/mol. The van der Waals surface area contributed by atoms with Gasteiger partial charge in [-0.1, -0.05) is 12.1 Å². The van der Waals surface area contributed by atoms with Gasteiger partial charge in [-0.15, -0.1) is 0 Å². The van der Waals surface area contributed by atoms with Gasteiger partial charge in [-0.3, -0.25) is 4.79 Å². The molecule has 0 bridgehead atoms. The monoisotopic (exact) mass is 285 g/mol. The van der Waals surface area contributed by atoms with Gasteiger partial charge in [-0.2, -0.15) is 0 Å². The van der Waals surface area contributed by atoms with E-state index in [4.69, 9.17) is 9.47 Å². The molecule has 3 rings (SSSR count). The summed E-state index contributed by atoms with van der Waals surface area (Å²) in [7, 11) is 1.57. The number of carbonyl (C=O) groups excluding carboxylic acids is 1. The number of hydrogen-bond acceptors (Lipinski definition) is 5. The molecule has 1 aliphatic rings. The van der Waals surface area contributed by atoms with E-state index in [0.29, 0.717) is 24.6 Å². The summed E-state index contributed by atoms with van der Waals surface area (Å²) in [5.41, 5.74) is 1.89. The highest BCUT2D eigenvalue weighted by Gasteiger charge is 2.24. The number of hydrogen-bond donors (Lipinski definition) is 0. The average molecular weight is 285 g/mol. The molecule has 0 atom stereocenters. The van der Waals surface area contributed by atoms with Crippen molar-refractivity contribution in [3.8, 4) is 11.5 Å². The van der Waals surface area contributed by atoms with Gasteiger partial charge in [0.1, 0.15) is 6.33 Å². The number of benzene rings is 1. The fourth-order valence-corrected chi connectivity index (χ4v) is 2.25. The second-order valence-electron chi connectivity index (χ2n) is 4.68. The molecule has 0 N–H and O–H groups in total. The number of aromatic nitrogens is 2. The van der Waals surface area contributed by atoms with Crippen LogP contribution in [-0.4, -0.2) is 34.5 Å². The third-order valence-corrected chi connectivity index (χ3v) is 3.36. The zero-order valence-corrected chi connectivity index (χ0v) is 11.7. The van der Waals surface area contributed by atoms with Crippen molar-refractivity contribution in [1.29, 1.82) is 0 Å². The standard InChI is InChI=1S/C15H15N3O3/c1-20-13-4-2-3-5-14(13)21-9-15(19)18-7-11-6-16-10-17-12(11)8-18/h2-6,10H,7-9H2,1H3. The number of nitrogens with zero attached hydrogens (tertiary/aromatic N) is 3. The molecule has 1 aromatic carbocycles. The smallest absolute Gasteiger partial charge is 0.261 e. The number of carbonyl (C=O) groups is 1. The van der Waals surface area contributed by atoms with Gasteiger partial charge in [0.15, 0.2) is 18.1 Å². The Labute approximate surface area is 122 Å². The van der Waals surface area contributed by atoms with Gasteiger partial charge in [0.05, 0.1) is 19.3 Å². The summed E-state index contributed by atoms with van der Waals surface area (Å²) in [6, 6.07) is 7.25. The van der Waals surface area contributed by atoms with Crippen molar-refractivity contribution >= 4 is 5.91 Å². The zero-order valence-electron chi connectivity index (χ0n) is 11.7. The third-order valence-electron chi connectivity index (χ3n) is 3.36. The second-order valence-corrected chi connectivity index (χ2v) is 4.68. The number of methoxy groups -OCH3 is 1. The molecular weight excluding hydrogens is 270 g/mol. The lowest BCUT2D eigenvalue weighted by Gasteiger charge is -2.16. The molecule has 2 heterocycles. The number of rotatable bonds is 4. The van der Waals surface area contributed by atoms with Gasteiger partial charge in [-0.25, -0.2) is 9.97 Å². The fourth-order valence-electron chi connectivity index (χ4n) is 2.25. The maximum atomic E-state index is 12.2. The molecule has 0 unspecified atom stereocenters. The summed E-state index contributed by atoms with van der Waals surface area (Å²) in [5.74, 6) is 1.09. The van der Waals surface area contributed by atoms with E-state index >= 15 is 0 Å². The molecule has 0 saturated carbocycles. The lowest BCUT2D eigenvalue weighted by molar-refractivity contribution is -0.134. The van der Waals surface area contributed by atoms with Crippen LogP contribution in [0.2, 0.25) is 0 Å². The molecule has 21 heavy (non-hydrogen) atoms. The lowest BCUT2D eigenvalue weighted by Crippen LogP contribution is -2.30. The summed E-state index contributed by atoms with van der Waals surface area (Å²) >= 11 is 0. The quantitative estimate of drug-likeness (QED) is 0.849. The summed E-state index contributed by atoms with van der Waals surface area (Å²) in [6.45, 7) is 1.01. The van der Waals surface area contributed by atoms with Crippen LogP contribution in [-0.2, 0) is 17.9 Å². The van der Waals surface area contributed by atoms with Crippen molar-refractivity contribution < 1.29 is 14.3 Å². The van der Waals surface area contributed by atoms with Crippen molar-refractivity contribution in [3.05, 3.63) is 48.0 Å². The van der Waals surface area contributed by atoms with Crippen LogP contribution in [0.3, 0.4) is 0 Å². The highest BCUT2D eigenvalue weighted by Crippen LogP contribution is 2.26. The Balaban J connectivity index is 1.61. The van der Waals surface area contributed by atoms with Crippen LogP contribution in [0, 0.1) is 0 Å². The highest BCUT2D eigenvalue weighted by molar-refractivity contribution is 5.78. The molecular formula is C15H15N3O3. The first-order valence-corrected chi connectivity index (χ1v) is 6.59. The van der Waals surface area contributed by atoms with Crippen LogP contribution in [0.4, 0.5) is 0 Å². The van der Waals surface area contributed by atoms with Crippen molar-refractivity contribution in [2.45, 2.75) is 13.1 Å². The number of fused-ring (bicyclic) bond motifs is 1. The van der Waals surface area contributed by atoms with E-state index in [-0.39, 0.29) is 12.5 Å². The van der Waals surface area contributed by atoms with E-state index in [9.17, 15) is 4.79 Å². The van der Waals surface area contributed by atoms with Crippen molar-refractivity contribution in [3.63, 3.8) is 0 Å². The van der Waals surface area contributed by atoms with E-state index < -0.39 is 0 Å². The molecule has 2 aromatic rings. The van der Waals surface area contributed by atoms with Crippen LogP contribution in [0.5, 0.6) is 11.5 Å². The van der Waals surface area contributed by atoms with Crippen molar-refractivity contribution in [1.82, 2.24) is 14.9 Å². The Morgan fingerprint density at radius 1 is 1.29 bits per heavy atom. The minimum absolute atomic E-state index is 0.0260. The molecule has 6 nitrogen and oxygen atoms in total. The SMILES string of the molecule is COc1ccccc1OCC(=O)N1Cc2cncnc2C1. The lowest BCUT2D eigenvalue weighted by atomic mass is 10.3. The molecule has 1 amide bonds. The molecule has 6 heteroatoms. The predicted octanol–water partition coefficient (Wildman–Crippen LogP) is 1.41. The maximum absolute atomic E-state index is 12.2. The largest absolute Gasteiger partial charge is 0.493 e. The van der Waals surface area contributed by atoms with E-state index in [1.54, 1.807) is 30.3 Å². The molecule has 108 valence electrons. The summed E-state index contributed by atoms with van der Waals surface area (Å²) < 4.78 is 10.7. The Hall–Kier alpha value is -2.63. The zero-order chi connectivity index (χ0) is 14.7. The minimum Gasteiger partial charge on any atom is -0.493 e. The van der Waals surface area contributed by atoms with E-state index in [2.05, 4.69) is 9.97 Å². The Morgan fingerprint density at radius 3 is 2.86 bits per heavy atom. The summed E-state index contributed by atoms with van der Waals surface area (Å²) in [5, 5.41) is 0. The van der Waals surface area contributed by atoms with Crippen molar-refractivity contribution in [2.24, 2.45) is 0 Å². The van der Waals surface area contributed by atoms with E-state index in [1.165, 1.54) is 6.33 Å². The van der Waals surface area contributed by atoms with Gasteiger partial charge in [0.2, 0.25) is 0 Å². The van der Waals surface area contributed by atoms with Gasteiger partial charge in [0, 0.05) is 18.3 Å². The van der Waals surface area contributed by atoms with Crippen LogP contribution < -0.4 is 9.47 Å². The Kier molecular flexibility index (Phi) is 3.68. The Morgan fingerprint density at radius 2 is 2.10 bits per heavy atom. The first-order valence-electron chi connectivity index (χ1n) is 6.59. The van der Waals surface area contributed by atoms with Crippen LogP contribution in [0.25, 0.3) is 0 Å². The summed E-state index contributed by atoms with van der Waals surface area (Å²) in [4.78, 5) is 22.0. The topological polar surface area (TPSA) is 64.6 Å². The molecule has 1 aliphatic heterocycles. The van der Waals surface area contributed by atoms with Gasteiger partial charge in [-0.05, 0) is 12.1 Å². The van der Waals surface area contributed by atoms with Gasteiger partial charge >= 0.3 is 0 Å². The molecule has 0 saturated heterocycles. The molecule has 0 spiro atoms. The summed E-state index contributed by atoms with van der Waals surface area (Å²) in [6.07, 6.45) is 3.24. The fraction of sp³-hybridized carbons (Fsp3) is 0.267. The maximum Gasteiger partial charge on any atom is 0.261 e. The number of ether oxygens (including phenoxy) is 2. The van der Waals surface area contributed by atoms with Gasteiger partial charge in [0.25, 0.3) is 5.91 Å². The third kappa shape index (κ3) is 2.79. The molecule has 1 aromatic heterocycles. The number of para-hydroxylation sites is 2. The van der Waals surface area contributed by atoms with Gasteiger partial charge < -0.3 is 14.4 Å². The van der Waals surface area contributed by atoms with Crippen LogP contribution >= 0.6 is 0 Å². The first-order chi connectivity index (χ1) is 10.3. The molecule has 0 aliphatic carbocycles. The normalized spacial score (nSPS) is 12.9. The van der Waals surface area contributed by atoms with Crippen molar-refractivity contribution in [2.75, 3.05) is 13.7 Å². The number of amides is 1. The Bertz CT molecular complexity index is 635. The minimum atomic E-state index is -0.0843. The van der Waals surface area contributed by atoms with E-state index in [0.717, 1.165) is 11.3 Å². The second kappa shape index (κ2) is 5.78. The first kappa shape index (κ1) is 13.4. The van der Waals surface area contributed by atoms with E-state index in [1.807, 2.05) is 12.1 Å². The van der Waals surface area contributed by atoms with Crippen LogP contribution in [0.1, 0.15) is 11.3 Å². The highest BCUT2D eigenvalue weighted by atomic mass is 16.5. The molecule has 0 fully saturated rings. The van der Waals surface area contributed by atoms with Crippen LogP contribution in [0.15, 0.2) is 36.8 Å². The molecule has 0 radical (unpaired) electrons. The average Bonchev–Trinajstić information content (AvgIpc) is 2.97.